The second-order valence-electron chi connectivity index (χ2n) is 17.8. The van der Waals surface area contributed by atoms with E-state index in [2.05, 4.69) is 63.3 Å². The first-order valence-corrected chi connectivity index (χ1v) is 26.7. The minimum Gasteiger partial charge on any atom is -0.462 e. The summed E-state index contributed by atoms with van der Waals surface area (Å²) in [5, 5.41) is 0. The standard InChI is InChI=1S/C56H100O6/c1-4-7-10-13-16-19-22-25-26-27-28-29-32-34-37-40-43-46-49-55(58)61-52-53(62-56(59)50-47-44-41-38-35-31-24-21-18-15-12-9-6-3)51-60-54(57)48-45-42-39-36-33-30-23-20-17-14-11-8-5-2/h26-29,31,35,41,44,53H,4-25,30,32-34,36-40,42-43,45-52H2,1-3H3/b27-26-,29-28-,35-31-,44-41-. The highest BCUT2D eigenvalue weighted by molar-refractivity contribution is 5.71. The van der Waals surface area contributed by atoms with Crippen LogP contribution in [0.5, 0.6) is 0 Å². The smallest absolute Gasteiger partial charge is 0.306 e. The van der Waals surface area contributed by atoms with Crippen LogP contribution in [0.2, 0.25) is 0 Å². The van der Waals surface area contributed by atoms with Crippen molar-refractivity contribution in [2.45, 2.75) is 277 Å². The number of rotatable bonds is 48. The summed E-state index contributed by atoms with van der Waals surface area (Å²) in [5.74, 6) is -0.974. The molecule has 0 saturated heterocycles. The Balaban J connectivity index is 4.42. The molecular weight excluding hydrogens is 769 g/mol. The number of esters is 3. The van der Waals surface area contributed by atoms with E-state index < -0.39 is 6.10 Å². The van der Waals surface area contributed by atoms with E-state index >= 15 is 0 Å². The third kappa shape index (κ3) is 48.4. The van der Waals surface area contributed by atoms with Crippen LogP contribution in [-0.2, 0) is 28.6 Å². The van der Waals surface area contributed by atoms with E-state index in [1.54, 1.807) is 0 Å². The van der Waals surface area contributed by atoms with Gasteiger partial charge < -0.3 is 14.2 Å². The molecule has 0 aromatic rings. The summed E-state index contributed by atoms with van der Waals surface area (Å²) in [7, 11) is 0. The minimum absolute atomic E-state index is 0.0982. The van der Waals surface area contributed by atoms with E-state index in [-0.39, 0.29) is 37.5 Å². The Labute approximate surface area is 384 Å². The number of carbonyl (C=O) groups excluding carboxylic acids is 3. The number of hydrogen-bond acceptors (Lipinski definition) is 6. The predicted octanol–water partition coefficient (Wildman–Crippen LogP) is 17.5. The lowest BCUT2D eigenvalue weighted by Crippen LogP contribution is -2.30. The first-order valence-electron chi connectivity index (χ1n) is 26.7. The first kappa shape index (κ1) is 59.4. The SMILES string of the molecule is CCCCCCCC/C=C\C/C=C\CCC(=O)OC(COC(=O)CCCCCCC/C=C\C=C/CCCCCCCCC)COC(=O)CCCCCCCCCCCCCCC. The van der Waals surface area contributed by atoms with Crippen molar-refractivity contribution in [1.82, 2.24) is 0 Å². The van der Waals surface area contributed by atoms with Crippen molar-refractivity contribution in [3.63, 3.8) is 0 Å². The maximum atomic E-state index is 12.7. The summed E-state index contributed by atoms with van der Waals surface area (Å²) in [6, 6.07) is 0. The van der Waals surface area contributed by atoms with Gasteiger partial charge in [-0.1, -0.05) is 236 Å². The van der Waals surface area contributed by atoms with Gasteiger partial charge in [0.1, 0.15) is 13.2 Å². The molecule has 62 heavy (non-hydrogen) atoms. The average molecular weight is 869 g/mol. The number of carbonyl (C=O) groups is 3. The van der Waals surface area contributed by atoms with Crippen molar-refractivity contribution in [1.29, 1.82) is 0 Å². The topological polar surface area (TPSA) is 78.9 Å². The van der Waals surface area contributed by atoms with Crippen LogP contribution >= 0.6 is 0 Å². The highest BCUT2D eigenvalue weighted by Gasteiger charge is 2.19. The lowest BCUT2D eigenvalue weighted by atomic mass is 10.0. The van der Waals surface area contributed by atoms with E-state index in [4.69, 9.17) is 14.2 Å². The summed E-state index contributed by atoms with van der Waals surface area (Å²) < 4.78 is 16.7. The van der Waals surface area contributed by atoms with Crippen molar-refractivity contribution in [2.24, 2.45) is 0 Å². The number of allylic oxidation sites excluding steroid dienone is 8. The van der Waals surface area contributed by atoms with Gasteiger partial charge in [0.05, 0.1) is 0 Å². The Morgan fingerprint density at radius 2 is 0.661 bits per heavy atom. The Bertz CT molecular complexity index is 1090. The fourth-order valence-electron chi connectivity index (χ4n) is 7.55. The largest absolute Gasteiger partial charge is 0.462 e. The van der Waals surface area contributed by atoms with Gasteiger partial charge in [0.25, 0.3) is 0 Å². The van der Waals surface area contributed by atoms with Gasteiger partial charge in [-0.15, -0.1) is 0 Å². The molecule has 0 radical (unpaired) electrons. The quantitative estimate of drug-likeness (QED) is 0.0199. The van der Waals surface area contributed by atoms with Gasteiger partial charge in [-0.25, -0.2) is 0 Å². The molecule has 0 aromatic heterocycles. The number of hydrogen-bond donors (Lipinski definition) is 0. The molecule has 0 spiro atoms. The van der Waals surface area contributed by atoms with Crippen molar-refractivity contribution >= 4 is 17.9 Å². The molecule has 0 aliphatic rings. The Kier molecular flexibility index (Phi) is 48.8. The molecule has 0 N–H and O–H groups in total. The van der Waals surface area contributed by atoms with Crippen LogP contribution in [0.1, 0.15) is 271 Å². The van der Waals surface area contributed by atoms with Gasteiger partial charge in [0.2, 0.25) is 0 Å². The molecule has 0 aliphatic heterocycles. The van der Waals surface area contributed by atoms with Gasteiger partial charge in [0.15, 0.2) is 6.10 Å². The molecule has 6 heteroatoms. The minimum atomic E-state index is -0.806. The van der Waals surface area contributed by atoms with E-state index in [1.165, 1.54) is 154 Å². The molecule has 0 saturated carbocycles. The van der Waals surface area contributed by atoms with E-state index in [0.29, 0.717) is 19.3 Å². The van der Waals surface area contributed by atoms with E-state index in [9.17, 15) is 14.4 Å². The summed E-state index contributed by atoms with van der Waals surface area (Å²) in [6.45, 7) is 6.58. The molecular formula is C56H100O6. The number of ether oxygens (including phenoxy) is 3. The van der Waals surface area contributed by atoms with Gasteiger partial charge in [-0.3, -0.25) is 14.4 Å². The Morgan fingerprint density at radius 1 is 0.339 bits per heavy atom. The monoisotopic (exact) mass is 869 g/mol. The molecule has 360 valence electrons. The molecule has 0 aliphatic carbocycles. The van der Waals surface area contributed by atoms with Crippen LogP contribution < -0.4 is 0 Å². The second kappa shape index (κ2) is 51.0. The van der Waals surface area contributed by atoms with E-state index in [0.717, 1.165) is 70.6 Å². The molecule has 6 nitrogen and oxygen atoms in total. The second-order valence-corrected chi connectivity index (χ2v) is 17.8. The van der Waals surface area contributed by atoms with Crippen LogP contribution in [-0.4, -0.2) is 37.2 Å². The Hall–Kier alpha value is -2.63. The van der Waals surface area contributed by atoms with Crippen molar-refractivity contribution < 1.29 is 28.6 Å². The van der Waals surface area contributed by atoms with Crippen LogP contribution in [0, 0.1) is 0 Å². The zero-order chi connectivity index (χ0) is 45.1. The lowest BCUT2D eigenvalue weighted by molar-refractivity contribution is -0.166. The maximum Gasteiger partial charge on any atom is 0.306 e. The van der Waals surface area contributed by atoms with Crippen molar-refractivity contribution in [3.8, 4) is 0 Å². The third-order valence-electron chi connectivity index (χ3n) is 11.6. The predicted molar refractivity (Wildman–Crippen MR) is 265 cm³/mol. The molecule has 0 rings (SSSR count). The molecule has 0 fully saturated rings. The number of unbranched alkanes of at least 4 members (excludes halogenated alkanes) is 30. The molecule has 1 atom stereocenters. The fourth-order valence-corrected chi connectivity index (χ4v) is 7.55. The normalized spacial score (nSPS) is 12.4. The molecule has 0 bridgehead atoms. The average Bonchev–Trinajstić information content (AvgIpc) is 3.27. The summed E-state index contributed by atoms with van der Waals surface area (Å²) in [4.78, 5) is 37.9. The van der Waals surface area contributed by atoms with Gasteiger partial charge in [-0.2, -0.15) is 0 Å². The first-order chi connectivity index (χ1) is 30.5. The van der Waals surface area contributed by atoms with Gasteiger partial charge in [0, 0.05) is 19.3 Å². The lowest BCUT2D eigenvalue weighted by Gasteiger charge is -2.18. The highest BCUT2D eigenvalue weighted by atomic mass is 16.6. The summed E-state index contributed by atoms with van der Waals surface area (Å²) >= 11 is 0. The summed E-state index contributed by atoms with van der Waals surface area (Å²) in [5.41, 5.74) is 0. The molecule has 0 amide bonds. The van der Waals surface area contributed by atoms with Crippen molar-refractivity contribution in [3.05, 3.63) is 48.6 Å². The van der Waals surface area contributed by atoms with Crippen molar-refractivity contribution in [2.75, 3.05) is 13.2 Å². The fraction of sp³-hybridized carbons (Fsp3) is 0.804. The van der Waals surface area contributed by atoms with Gasteiger partial charge >= 0.3 is 17.9 Å². The van der Waals surface area contributed by atoms with Crippen LogP contribution in [0.4, 0.5) is 0 Å². The molecule has 0 heterocycles. The van der Waals surface area contributed by atoms with E-state index in [1.807, 2.05) is 6.08 Å². The zero-order valence-corrected chi connectivity index (χ0v) is 41.1. The summed E-state index contributed by atoms with van der Waals surface area (Å²) in [6.07, 6.45) is 61.1. The van der Waals surface area contributed by atoms with Crippen LogP contribution in [0.15, 0.2) is 48.6 Å². The van der Waals surface area contributed by atoms with Crippen LogP contribution in [0.25, 0.3) is 0 Å². The zero-order valence-electron chi connectivity index (χ0n) is 41.1. The Morgan fingerprint density at radius 3 is 1.05 bits per heavy atom. The molecule has 0 aromatic carbocycles. The van der Waals surface area contributed by atoms with Gasteiger partial charge in [-0.05, 0) is 64.2 Å². The maximum absolute atomic E-state index is 12.7. The highest BCUT2D eigenvalue weighted by Crippen LogP contribution is 2.15. The molecule has 1 unspecified atom stereocenters. The third-order valence-corrected chi connectivity index (χ3v) is 11.6. The van der Waals surface area contributed by atoms with Crippen LogP contribution in [0.3, 0.4) is 0 Å².